The van der Waals surface area contributed by atoms with Crippen molar-refractivity contribution in [3.05, 3.63) is 62.5 Å². The number of carboxylic acid groups (broad SMARTS) is 1. The first kappa shape index (κ1) is 26.7. The molecule has 2 aromatic rings. The minimum atomic E-state index is -1.44. The molecule has 2 bridgehead atoms. The number of benzene rings is 1. The van der Waals surface area contributed by atoms with Crippen molar-refractivity contribution in [1.82, 2.24) is 15.2 Å². The summed E-state index contributed by atoms with van der Waals surface area (Å²) in [6.45, 7) is 0.477. The van der Waals surface area contributed by atoms with Crippen molar-refractivity contribution < 1.29 is 33.0 Å². The summed E-state index contributed by atoms with van der Waals surface area (Å²) < 4.78 is 40.7. The Morgan fingerprint density at radius 1 is 1.37 bits per heavy atom. The first-order valence-electron chi connectivity index (χ1n) is 12.0. The van der Waals surface area contributed by atoms with Gasteiger partial charge in [-0.25, -0.2) is 18.6 Å². The number of nitrogens with zero attached hydrogens (tertiary/aromatic N) is 3. The third-order valence-corrected chi connectivity index (χ3v) is 8.28. The third kappa shape index (κ3) is 5.05. The molecule has 5 atom stereocenters. The lowest BCUT2D eigenvalue weighted by Gasteiger charge is -2.50. The molecule has 13 heteroatoms. The van der Waals surface area contributed by atoms with E-state index in [4.69, 9.17) is 21.1 Å². The quantitative estimate of drug-likeness (QED) is 0.491. The summed E-state index contributed by atoms with van der Waals surface area (Å²) in [5.74, 6) is -2.69. The Morgan fingerprint density at radius 3 is 2.89 bits per heavy atom. The lowest BCUT2D eigenvalue weighted by molar-refractivity contribution is -0.146. The van der Waals surface area contributed by atoms with E-state index in [0.29, 0.717) is 23.1 Å². The number of carbonyl (C=O) groups is 2. The number of aliphatic carboxylic acids is 1. The SMILES string of the molecule is COC(=O)C1=C(CN2[C@H]3COC[C@@H]2[C@@H](F)[C@H](CC(=O)O)C3)NC(c2nccs2)=N[C@H]1c1cccc(F)c1Cl. The van der Waals surface area contributed by atoms with Crippen molar-refractivity contribution in [2.75, 3.05) is 26.9 Å². The molecule has 2 saturated heterocycles. The van der Waals surface area contributed by atoms with Gasteiger partial charge in [-0.3, -0.25) is 14.7 Å². The number of hydrogen-bond donors (Lipinski definition) is 2. The Morgan fingerprint density at radius 2 is 2.18 bits per heavy atom. The molecular weight excluding hydrogens is 542 g/mol. The zero-order chi connectivity index (χ0) is 27.0. The number of carbonyl (C=O) groups excluding carboxylic acids is 1. The van der Waals surface area contributed by atoms with E-state index in [1.165, 1.54) is 30.6 Å². The molecule has 0 saturated carbocycles. The second-order valence-electron chi connectivity index (χ2n) is 9.34. The molecule has 2 N–H and O–H groups in total. The van der Waals surface area contributed by atoms with Crippen LogP contribution in [0.3, 0.4) is 0 Å². The molecular formula is C25H25ClF2N4O5S. The number of aromatic nitrogens is 1. The highest BCUT2D eigenvalue weighted by atomic mass is 35.5. The number of fused-ring (bicyclic) bond motifs is 2. The zero-order valence-electron chi connectivity index (χ0n) is 20.3. The van der Waals surface area contributed by atoms with Crippen molar-refractivity contribution in [3.63, 3.8) is 0 Å². The van der Waals surface area contributed by atoms with Crippen LogP contribution in [-0.4, -0.2) is 77.9 Å². The van der Waals surface area contributed by atoms with Crippen LogP contribution < -0.4 is 5.32 Å². The molecule has 0 aliphatic carbocycles. The first-order chi connectivity index (χ1) is 18.3. The van der Waals surface area contributed by atoms with E-state index in [1.54, 1.807) is 17.6 Å². The Hall–Kier alpha value is -2.93. The van der Waals surface area contributed by atoms with Crippen molar-refractivity contribution in [2.45, 2.75) is 37.1 Å². The number of esters is 1. The van der Waals surface area contributed by atoms with Gasteiger partial charge in [0.2, 0.25) is 0 Å². The molecule has 3 aliphatic rings. The number of aliphatic imine (C=N–C) groups is 1. The van der Waals surface area contributed by atoms with Crippen LogP contribution >= 0.6 is 22.9 Å². The van der Waals surface area contributed by atoms with Gasteiger partial charge in [-0.2, -0.15) is 0 Å². The van der Waals surface area contributed by atoms with Gasteiger partial charge in [-0.05, 0) is 12.5 Å². The molecule has 0 amide bonds. The zero-order valence-corrected chi connectivity index (χ0v) is 21.8. The summed E-state index contributed by atoms with van der Waals surface area (Å²) in [5.41, 5.74) is 0.776. The van der Waals surface area contributed by atoms with Gasteiger partial charge in [0.25, 0.3) is 0 Å². The molecule has 2 fully saturated rings. The van der Waals surface area contributed by atoms with Crippen LogP contribution in [-0.2, 0) is 19.1 Å². The van der Waals surface area contributed by atoms with Crippen molar-refractivity contribution in [1.29, 1.82) is 0 Å². The highest BCUT2D eigenvalue weighted by molar-refractivity contribution is 7.11. The Balaban J connectivity index is 1.57. The number of methoxy groups -OCH3 is 1. The topological polar surface area (TPSA) is 113 Å². The maximum absolute atomic E-state index is 15.5. The third-order valence-electron chi connectivity index (χ3n) is 7.11. The van der Waals surface area contributed by atoms with Crippen LogP contribution in [0.15, 0.2) is 46.0 Å². The first-order valence-corrected chi connectivity index (χ1v) is 13.2. The number of thiazole rings is 1. The lowest BCUT2D eigenvalue weighted by Crippen LogP contribution is -2.63. The van der Waals surface area contributed by atoms with Crippen LogP contribution in [0, 0.1) is 11.7 Å². The predicted molar refractivity (Wildman–Crippen MR) is 135 cm³/mol. The van der Waals surface area contributed by atoms with Crippen molar-refractivity contribution in [3.8, 4) is 0 Å². The van der Waals surface area contributed by atoms with Crippen LogP contribution in [0.25, 0.3) is 0 Å². The summed E-state index contributed by atoms with van der Waals surface area (Å²) in [6.07, 6.45) is 0.194. The van der Waals surface area contributed by atoms with Gasteiger partial charge in [0.05, 0.1) is 43.4 Å². The van der Waals surface area contributed by atoms with Crippen LogP contribution in [0.4, 0.5) is 8.78 Å². The fourth-order valence-electron chi connectivity index (χ4n) is 5.38. The molecule has 5 rings (SSSR count). The Bertz CT molecular complexity index is 1290. The normalized spacial score (nSPS) is 27.5. The highest BCUT2D eigenvalue weighted by Gasteiger charge is 2.47. The van der Waals surface area contributed by atoms with E-state index in [1.807, 2.05) is 4.90 Å². The van der Waals surface area contributed by atoms with E-state index in [9.17, 15) is 19.1 Å². The van der Waals surface area contributed by atoms with E-state index in [2.05, 4.69) is 15.3 Å². The summed E-state index contributed by atoms with van der Waals surface area (Å²) in [4.78, 5) is 35.4. The van der Waals surface area contributed by atoms with Gasteiger partial charge < -0.3 is 19.9 Å². The number of halogens is 3. The van der Waals surface area contributed by atoms with Crippen LogP contribution in [0.5, 0.6) is 0 Å². The van der Waals surface area contributed by atoms with E-state index in [0.717, 1.165) is 0 Å². The number of amidine groups is 1. The second-order valence-corrected chi connectivity index (χ2v) is 10.6. The fourth-order valence-corrected chi connectivity index (χ4v) is 6.20. The summed E-state index contributed by atoms with van der Waals surface area (Å²) >= 11 is 7.65. The molecule has 9 nitrogen and oxygen atoms in total. The summed E-state index contributed by atoms with van der Waals surface area (Å²) in [6, 6.07) is 2.29. The second kappa shape index (κ2) is 11.0. The van der Waals surface area contributed by atoms with Gasteiger partial charge in [-0.1, -0.05) is 23.7 Å². The number of piperidine rings is 1. The van der Waals surface area contributed by atoms with Crippen molar-refractivity contribution >= 4 is 40.7 Å². The fraction of sp³-hybridized carbons (Fsp3) is 0.440. The molecule has 202 valence electrons. The summed E-state index contributed by atoms with van der Waals surface area (Å²) in [7, 11) is 1.23. The molecule has 0 radical (unpaired) electrons. The van der Waals surface area contributed by atoms with Gasteiger partial charge in [0.1, 0.15) is 18.0 Å². The number of hydrogen-bond acceptors (Lipinski definition) is 9. The highest BCUT2D eigenvalue weighted by Crippen LogP contribution is 2.40. The number of ether oxygens (including phenoxy) is 2. The number of carboxylic acids is 1. The lowest BCUT2D eigenvalue weighted by atomic mass is 9.81. The average Bonchev–Trinajstić information content (AvgIpc) is 3.43. The number of alkyl halides is 1. The molecule has 3 aliphatic heterocycles. The maximum Gasteiger partial charge on any atom is 0.338 e. The van der Waals surface area contributed by atoms with E-state index < -0.39 is 41.9 Å². The minimum Gasteiger partial charge on any atom is -0.481 e. The number of nitrogens with one attached hydrogen (secondary N) is 1. The molecule has 4 heterocycles. The Kier molecular flexibility index (Phi) is 7.75. The Labute approximate surface area is 226 Å². The van der Waals surface area contributed by atoms with Crippen LogP contribution in [0.2, 0.25) is 5.02 Å². The summed E-state index contributed by atoms with van der Waals surface area (Å²) in [5, 5.41) is 14.6. The van der Waals surface area contributed by atoms with Gasteiger partial charge in [0.15, 0.2) is 10.8 Å². The van der Waals surface area contributed by atoms with Gasteiger partial charge >= 0.3 is 11.9 Å². The van der Waals surface area contributed by atoms with E-state index >= 15 is 4.39 Å². The monoisotopic (exact) mass is 566 g/mol. The predicted octanol–water partition coefficient (Wildman–Crippen LogP) is 3.36. The maximum atomic E-state index is 15.5. The molecule has 0 unspecified atom stereocenters. The van der Waals surface area contributed by atoms with Crippen LogP contribution in [0.1, 0.15) is 29.5 Å². The molecule has 1 aromatic carbocycles. The van der Waals surface area contributed by atoms with Gasteiger partial charge in [0, 0.05) is 41.3 Å². The largest absolute Gasteiger partial charge is 0.481 e. The van der Waals surface area contributed by atoms with Gasteiger partial charge in [-0.15, -0.1) is 11.3 Å². The van der Waals surface area contributed by atoms with E-state index in [-0.39, 0.29) is 48.2 Å². The number of rotatable bonds is 7. The van der Waals surface area contributed by atoms with Crippen molar-refractivity contribution in [2.24, 2.45) is 10.9 Å². The molecule has 1 aromatic heterocycles. The smallest absolute Gasteiger partial charge is 0.338 e. The molecule has 0 spiro atoms. The molecule has 38 heavy (non-hydrogen) atoms. The average molecular weight is 567 g/mol. The minimum absolute atomic E-state index is 0.0845. The number of morpholine rings is 1. The standard InChI is InChI=1S/C25H25ClF2N4O5S/c1-36-25(35)19-16(9-32-13-7-12(8-18(33)34)21(28)17(32)11-37-10-13)30-23(24-29-5-6-38-24)31-22(19)14-3-2-4-15(27)20(14)26/h2-6,12-13,17,21-22H,7-11H2,1H3,(H,30,31)(H,33,34)/t12-,13+,17+,21-,22-/m0/s1.